The Labute approximate surface area is 144 Å². The van der Waals surface area contributed by atoms with Crippen LogP contribution in [0.25, 0.3) is 0 Å². The van der Waals surface area contributed by atoms with Crippen molar-refractivity contribution >= 4 is 11.8 Å². The fourth-order valence-corrected chi connectivity index (χ4v) is 2.51. The zero-order valence-corrected chi connectivity index (χ0v) is 14.8. The van der Waals surface area contributed by atoms with E-state index in [2.05, 4.69) is 51.4 Å². The van der Waals surface area contributed by atoms with Crippen LogP contribution in [0.15, 0.2) is 30.5 Å². The number of nitrogens with one attached hydrogen (secondary N) is 1. The van der Waals surface area contributed by atoms with Crippen molar-refractivity contribution in [1.29, 1.82) is 0 Å². The van der Waals surface area contributed by atoms with E-state index >= 15 is 0 Å². The van der Waals surface area contributed by atoms with Crippen LogP contribution in [0.5, 0.6) is 5.75 Å². The molecule has 0 fully saturated rings. The number of ether oxygens (including phenoxy) is 1. The van der Waals surface area contributed by atoms with Crippen LogP contribution in [0.1, 0.15) is 32.3 Å². The predicted molar refractivity (Wildman–Crippen MR) is 97.8 cm³/mol. The van der Waals surface area contributed by atoms with Crippen molar-refractivity contribution < 1.29 is 4.74 Å². The second-order valence-electron chi connectivity index (χ2n) is 5.65. The van der Waals surface area contributed by atoms with Crippen LogP contribution in [0, 0.1) is 0 Å². The number of nitrogens with zero attached hydrogens (tertiary/aromatic N) is 4. The zero-order chi connectivity index (χ0) is 17.2. The summed E-state index contributed by atoms with van der Waals surface area (Å²) in [7, 11) is 1.67. The van der Waals surface area contributed by atoms with Gasteiger partial charge < -0.3 is 15.0 Å². The molecule has 0 saturated carbocycles. The first-order valence-electron chi connectivity index (χ1n) is 8.58. The van der Waals surface area contributed by atoms with Crippen LogP contribution >= 0.6 is 0 Å². The molecule has 24 heavy (non-hydrogen) atoms. The van der Waals surface area contributed by atoms with Crippen molar-refractivity contribution in [2.45, 2.75) is 33.1 Å². The lowest BCUT2D eigenvalue weighted by molar-refractivity contribution is 0.414. The van der Waals surface area contributed by atoms with Gasteiger partial charge in [-0.3, -0.25) is 0 Å². The summed E-state index contributed by atoms with van der Waals surface area (Å²) in [5.74, 6) is 2.35. The van der Waals surface area contributed by atoms with Gasteiger partial charge in [0, 0.05) is 19.6 Å². The van der Waals surface area contributed by atoms with Gasteiger partial charge in [0.1, 0.15) is 5.75 Å². The molecule has 0 radical (unpaired) electrons. The highest BCUT2D eigenvalue weighted by atomic mass is 16.5. The molecule has 1 heterocycles. The lowest BCUT2D eigenvalue weighted by Gasteiger charge is -2.22. The van der Waals surface area contributed by atoms with Crippen molar-refractivity contribution in [3.05, 3.63) is 36.0 Å². The maximum atomic E-state index is 5.17. The van der Waals surface area contributed by atoms with Crippen LogP contribution in [0.2, 0.25) is 0 Å². The Kier molecular flexibility index (Phi) is 7.26. The molecule has 1 aromatic carbocycles. The number of rotatable bonds is 10. The van der Waals surface area contributed by atoms with E-state index in [-0.39, 0.29) is 0 Å². The van der Waals surface area contributed by atoms with Gasteiger partial charge in [0.2, 0.25) is 5.95 Å². The Morgan fingerprint density at radius 1 is 1.08 bits per heavy atom. The third-order valence-corrected chi connectivity index (χ3v) is 3.71. The van der Waals surface area contributed by atoms with E-state index in [9.17, 15) is 0 Å². The molecule has 2 aromatic rings. The third kappa shape index (κ3) is 5.37. The van der Waals surface area contributed by atoms with E-state index in [1.54, 1.807) is 13.3 Å². The van der Waals surface area contributed by atoms with Gasteiger partial charge in [-0.2, -0.15) is 10.1 Å². The Hall–Kier alpha value is -2.37. The SMILES string of the molecule is CCCN(CCC)c1cnnc(NCCc2ccc(OC)cc2)n1. The normalized spacial score (nSPS) is 10.5. The molecule has 6 nitrogen and oxygen atoms in total. The lowest BCUT2D eigenvalue weighted by Crippen LogP contribution is -2.26. The van der Waals surface area contributed by atoms with Crippen molar-refractivity contribution in [3.8, 4) is 5.75 Å². The molecule has 0 spiro atoms. The number of anilines is 2. The van der Waals surface area contributed by atoms with Crippen LogP contribution in [0.4, 0.5) is 11.8 Å². The Morgan fingerprint density at radius 2 is 1.79 bits per heavy atom. The number of aromatic nitrogens is 3. The van der Waals surface area contributed by atoms with Crippen LogP contribution in [0.3, 0.4) is 0 Å². The first-order valence-corrected chi connectivity index (χ1v) is 8.58. The average Bonchev–Trinajstić information content (AvgIpc) is 2.62. The molecular weight excluding hydrogens is 302 g/mol. The smallest absolute Gasteiger partial charge is 0.244 e. The minimum atomic E-state index is 0.582. The summed E-state index contributed by atoms with van der Waals surface area (Å²) in [6, 6.07) is 8.09. The molecule has 6 heteroatoms. The molecule has 0 aliphatic heterocycles. The van der Waals surface area contributed by atoms with Crippen molar-refractivity contribution in [2.24, 2.45) is 0 Å². The predicted octanol–water partition coefficient (Wildman–Crippen LogP) is 3.16. The van der Waals surface area contributed by atoms with Gasteiger partial charge in [-0.1, -0.05) is 26.0 Å². The van der Waals surface area contributed by atoms with E-state index < -0.39 is 0 Å². The molecule has 1 aromatic heterocycles. The summed E-state index contributed by atoms with van der Waals surface area (Å²) in [6.07, 6.45) is 4.81. The van der Waals surface area contributed by atoms with Gasteiger partial charge in [-0.25, -0.2) is 0 Å². The van der Waals surface area contributed by atoms with Crippen molar-refractivity contribution in [2.75, 3.05) is 37.0 Å². The van der Waals surface area contributed by atoms with E-state index in [0.29, 0.717) is 5.95 Å². The molecule has 0 unspecified atom stereocenters. The monoisotopic (exact) mass is 329 g/mol. The Balaban J connectivity index is 1.91. The summed E-state index contributed by atoms with van der Waals surface area (Å²) in [6.45, 7) is 7.07. The van der Waals surface area contributed by atoms with Crippen LogP contribution in [-0.2, 0) is 6.42 Å². The van der Waals surface area contributed by atoms with Crippen LogP contribution in [-0.4, -0.2) is 41.9 Å². The molecule has 130 valence electrons. The van der Waals surface area contributed by atoms with Crippen molar-refractivity contribution in [3.63, 3.8) is 0 Å². The molecule has 0 bridgehead atoms. The minimum Gasteiger partial charge on any atom is -0.497 e. The number of hydrogen-bond acceptors (Lipinski definition) is 6. The number of hydrogen-bond donors (Lipinski definition) is 1. The minimum absolute atomic E-state index is 0.582. The first kappa shape index (κ1) is 18.0. The third-order valence-electron chi connectivity index (χ3n) is 3.71. The second-order valence-corrected chi connectivity index (χ2v) is 5.65. The molecule has 0 atom stereocenters. The van der Waals surface area contributed by atoms with E-state index in [1.165, 1.54) is 5.56 Å². The zero-order valence-electron chi connectivity index (χ0n) is 14.8. The van der Waals surface area contributed by atoms with Gasteiger partial charge in [-0.15, -0.1) is 5.10 Å². The van der Waals surface area contributed by atoms with Gasteiger partial charge in [0.25, 0.3) is 0 Å². The van der Waals surface area contributed by atoms with E-state index in [4.69, 9.17) is 4.74 Å². The van der Waals surface area contributed by atoms with Gasteiger partial charge in [0.15, 0.2) is 5.82 Å². The number of methoxy groups -OCH3 is 1. The summed E-state index contributed by atoms with van der Waals surface area (Å²) in [4.78, 5) is 6.84. The molecule has 0 saturated heterocycles. The van der Waals surface area contributed by atoms with E-state index in [1.807, 2.05) is 12.1 Å². The van der Waals surface area contributed by atoms with Crippen LogP contribution < -0.4 is 15.0 Å². The van der Waals surface area contributed by atoms with Gasteiger partial charge in [-0.05, 0) is 37.0 Å². The average molecular weight is 329 g/mol. The highest BCUT2D eigenvalue weighted by Crippen LogP contribution is 2.13. The Bertz CT molecular complexity index is 597. The summed E-state index contributed by atoms with van der Waals surface area (Å²) >= 11 is 0. The van der Waals surface area contributed by atoms with E-state index in [0.717, 1.165) is 50.5 Å². The maximum absolute atomic E-state index is 5.17. The van der Waals surface area contributed by atoms with Gasteiger partial charge >= 0.3 is 0 Å². The quantitative estimate of drug-likeness (QED) is 0.722. The van der Waals surface area contributed by atoms with Gasteiger partial charge in [0.05, 0.1) is 13.3 Å². The standard InChI is InChI=1S/C18H27N5O/c1-4-12-23(13-5-2)17-14-20-22-18(21-17)19-11-10-15-6-8-16(24-3)9-7-15/h6-9,14H,4-5,10-13H2,1-3H3,(H,19,21,22). The second kappa shape index (κ2) is 9.70. The molecule has 1 N–H and O–H groups in total. The Morgan fingerprint density at radius 3 is 2.42 bits per heavy atom. The fraction of sp³-hybridized carbons (Fsp3) is 0.500. The summed E-state index contributed by atoms with van der Waals surface area (Å²) < 4.78 is 5.17. The fourth-order valence-electron chi connectivity index (χ4n) is 2.51. The molecule has 0 aliphatic rings. The topological polar surface area (TPSA) is 63.2 Å². The number of benzene rings is 1. The molecule has 2 rings (SSSR count). The highest BCUT2D eigenvalue weighted by molar-refractivity contribution is 5.40. The van der Waals surface area contributed by atoms with Crippen molar-refractivity contribution in [1.82, 2.24) is 15.2 Å². The summed E-state index contributed by atoms with van der Waals surface area (Å²) in [5.41, 5.74) is 1.24. The highest BCUT2D eigenvalue weighted by Gasteiger charge is 2.08. The lowest BCUT2D eigenvalue weighted by atomic mass is 10.1. The largest absolute Gasteiger partial charge is 0.497 e. The first-order chi connectivity index (χ1) is 11.8. The maximum Gasteiger partial charge on any atom is 0.244 e. The molecular formula is C18H27N5O. The summed E-state index contributed by atoms with van der Waals surface area (Å²) in [5, 5.41) is 11.4. The molecule has 0 aliphatic carbocycles. The molecule has 0 amide bonds.